The summed E-state index contributed by atoms with van der Waals surface area (Å²) in [5, 5.41) is 3.56. The Morgan fingerprint density at radius 2 is 2.00 bits per heavy atom. The van der Waals surface area contributed by atoms with Crippen LogP contribution in [0.25, 0.3) is 0 Å². The number of hydrazine groups is 1. The Hall–Kier alpha value is -1.36. The van der Waals surface area contributed by atoms with Crippen molar-refractivity contribution in [3.63, 3.8) is 0 Å². The first-order valence-corrected chi connectivity index (χ1v) is 6.67. The van der Waals surface area contributed by atoms with Gasteiger partial charge in [0.15, 0.2) is 0 Å². The molecule has 0 amide bonds. The summed E-state index contributed by atoms with van der Waals surface area (Å²) in [5.41, 5.74) is 3.83. The molecule has 100 valence electrons. The van der Waals surface area contributed by atoms with Crippen molar-refractivity contribution >= 4 is 11.6 Å². The maximum atomic E-state index is 5.52. The molecule has 5 heteroatoms. The average Bonchev–Trinajstić information content (AvgIpc) is 3.15. The normalized spacial score (nSPS) is 15.6. The van der Waals surface area contributed by atoms with Crippen LogP contribution >= 0.6 is 0 Å². The van der Waals surface area contributed by atoms with E-state index in [1.807, 2.05) is 0 Å². The Kier molecular flexibility index (Phi) is 3.71. The van der Waals surface area contributed by atoms with Crippen molar-refractivity contribution in [3.05, 3.63) is 11.9 Å². The fourth-order valence-corrected chi connectivity index (χ4v) is 2.34. The van der Waals surface area contributed by atoms with Gasteiger partial charge in [0.05, 0.1) is 0 Å². The first kappa shape index (κ1) is 13.1. The number of nitrogens with one attached hydrogen (secondary N) is 2. The lowest BCUT2D eigenvalue weighted by Gasteiger charge is -2.28. The molecule has 18 heavy (non-hydrogen) atoms. The van der Waals surface area contributed by atoms with Gasteiger partial charge in [0.1, 0.15) is 18.0 Å². The third-order valence-electron chi connectivity index (χ3n) is 3.62. The molecule has 1 aliphatic carbocycles. The van der Waals surface area contributed by atoms with Crippen LogP contribution in [-0.4, -0.2) is 15.5 Å². The number of hydrogen-bond donors (Lipinski definition) is 3. The predicted molar refractivity (Wildman–Crippen MR) is 74.3 cm³/mol. The molecular weight excluding hydrogens is 226 g/mol. The fourth-order valence-electron chi connectivity index (χ4n) is 2.34. The summed E-state index contributed by atoms with van der Waals surface area (Å²) in [4.78, 5) is 8.56. The lowest BCUT2D eigenvalue weighted by molar-refractivity contribution is 0.491. The molecule has 0 radical (unpaired) electrons. The first-order valence-electron chi connectivity index (χ1n) is 6.67. The molecule has 1 aliphatic rings. The van der Waals surface area contributed by atoms with E-state index in [1.165, 1.54) is 12.8 Å². The maximum Gasteiger partial charge on any atom is 0.148 e. The Morgan fingerprint density at radius 1 is 1.33 bits per heavy atom. The number of nitrogens with zero attached hydrogens (tertiary/aromatic N) is 2. The van der Waals surface area contributed by atoms with Gasteiger partial charge in [-0.1, -0.05) is 13.3 Å². The maximum absolute atomic E-state index is 5.52. The van der Waals surface area contributed by atoms with Crippen LogP contribution in [0.1, 0.15) is 45.6 Å². The molecule has 1 saturated carbocycles. The molecule has 1 heterocycles. The number of nitrogens with two attached hydrogens (primary N) is 1. The summed E-state index contributed by atoms with van der Waals surface area (Å²) in [6.07, 6.45) is 6.12. The zero-order valence-corrected chi connectivity index (χ0v) is 11.5. The van der Waals surface area contributed by atoms with Crippen molar-refractivity contribution in [1.82, 2.24) is 9.97 Å². The minimum atomic E-state index is 0.0860. The molecule has 1 aromatic heterocycles. The van der Waals surface area contributed by atoms with E-state index in [4.69, 9.17) is 5.84 Å². The molecule has 5 nitrogen and oxygen atoms in total. The van der Waals surface area contributed by atoms with Crippen LogP contribution < -0.4 is 16.6 Å². The Morgan fingerprint density at radius 3 is 2.56 bits per heavy atom. The summed E-state index contributed by atoms with van der Waals surface area (Å²) in [6.45, 7) is 6.61. The molecule has 0 unspecified atom stereocenters. The summed E-state index contributed by atoms with van der Waals surface area (Å²) in [5.74, 6) is 7.90. The SMILES string of the molecule is CCCc1c(NN)ncnc1NC(C)(C)C1CC1. The van der Waals surface area contributed by atoms with Crippen molar-refractivity contribution < 1.29 is 0 Å². The molecule has 0 saturated heterocycles. The Balaban J connectivity index is 2.25. The predicted octanol–water partition coefficient (Wildman–Crippen LogP) is 2.32. The second-order valence-corrected chi connectivity index (χ2v) is 5.56. The van der Waals surface area contributed by atoms with Crippen LogP contribution in [0.2, 0.25) is 0 Å². The van der Waals surface area contributed by atoms with Gasteiger partial charge in [0.25, 0.3) is 0 Å². The highest BCUT2D eigenvalue weighted by Gasteiger charge is 2.38. The smallest absolute Gasteiger partial charge is 0.148 e. The largest absolute Gasteiger partial charge is 0.365 e. The second-order valence-electron chi connectivity index (χ2n) is 5.56. The highest BCUT2D eigenvalue weighted by Crippen LogP contribution is 2.41. The van der Waals surface area contributed by atoms with Crippen LogP contribution in [0.4, 0.5) is 11.6 Å². The minimum Gasteiger partial charge on any atom is -0.365 e. The lowest BCUT2D eigenvalue weighted by Crippen LogP contribution is -2.34. The molecule has 0 bridgehead atoms. The van der Waals surface area contributed by atoms with Crippen molar-refractivity contribution in [3.8, 4) is 0 Å². The topological polar surface area (TPSA) is 75.9 Å². The van der Waals surface area contributed by atoms with E-state index in [9.17, 15) is 0 Å². The first-order chi connectivity index (χ1) is 8.58. The molecule has 0 aliphatic heterocycles. The third kappa shape index (κ3) is 2.72. The van der Waals surface area contributed by atoms with Crippen LogP contribution in [0, 0.1) is 5.92 Å². The second kappa shape index (κ2) is 5.10. The lowest BCUT2D eigenvalue weighted by atomic mass is 9.98. The van der Waals surface area contributed by atoms with Gasteiger partial charge in [-0.05, 0) is 39.0 Å². The van der Waals surface area contributed by atoms with Crippen LogP contribution in [0.15, 0.2) is 6.33 Å². The highest BCUT2D eigenvalue weighted by atomic mass is 15.3. The number of rotatable bonds is 6. The Bertz CT molecular complexity index is 412. The van der Waals surface area contributed by atoms with Gasteiger partial charge in [-0.3, -0.25) is 0 Å². The minimum absolute atomic E-state index is 0.0860. The standard InChI is InChI=1S/C13H23N5/c1-4-5-10-11(15-8-16-12(10)18-14)17-13(2,3)9-6-7-9/h8-9H,4-7,14H2,1-3H3,(H2,15,16,17,18). The van der Waals surface area contributed by atoms with Gasteiger partial charge in [-0.25, -0.2) is 15.8 Å². The molecule has 0 aromatic carbocycles. The van der Waals surface area contributed by atoms with Gasteiger partial charge in [0.2, 0.25) is 0 Å². The van der Waals surface area contributed by atoms with E-state index in [2.05, 4.69) is 41.5 Å². The quantitative estimate of drug-likeness (QED) is 0.533. The number of nitrogen functional groups attached to an aromatic ring is 1. The molecule has 0 spiro atoms. The molecule has 1 aromatic rings. The zero-order chi connectivity index (χ0) is 13.2. The highest BCUT2D eigenvalue weighted by molar-refractivity contribution is 5.58. The van der Waals surface area contributed by atoms with E-state index in [0.29, 0.717) is 0 Å². The Labute approximate surface area is 109 Å². The van der Waals surface area contributed by atoms with E-state index in [0.717, 1.165) is 36.0 Å². The number of anilines is 2. The van der Waals surface area contributed by atoms with E-state index < -0.39 is 0 Å². The number of hydrogen-bond acceptors (Lipinski definition) is 5. The van der Waals surface area contributed by atoms with E-state index >= 15 is 0 Å². The van der Waals surface area contributed by atoms with Crippen LogP contribution in [0.3, 0.4) is 0 Å². The zero-order valence-electron chi connectivity index (χ0n) is 11.5. The van der Waals surface area contributed by atoms with Gasteiger partial charge in [-0.15, -0.1) is 0 Å². The molecule has 1 fully saturated rings. The third-order valence-corrected chi connectivity index (χ3v) is 3.62. The van der Waals surface area contributed by atoms with Crippen molar-refractivity contribution in [1.29, 1.82) is 0 Å². The average molecular weight is 249 g/mol. The van der Waals surface area contributed by atoms with Gasteiger partial charge in [-0.2, -0.15) is 0 Å². The van der Waals surface area contributed by atoms with E-state index in [1.54, 1.807) is 6.33 Å². The summed E-state index contributed by atoms with van der Waals surface area (Å²) in [6, 6.07) is 0. The molecule has 0 atom stereocenters. The number of aromatic nitrogens is 2. The molecular formula is C13H23N5. The van der Waals surface area contributed by atoms with Gasteiger partial charge < -0.3 is 10.7 Å². The monoisotopic (exact) mass is 249 g/mol. The van der Waals surface area contributed by atoms with Gasteiger partial charge in [0, 0.05) is 11.1 Å². The molecule has 4 N–H and O–H groups in total. The van der Waals surface area contributed by atoms with Crippen molar-refractivity contribution in [2.45, 2.75) is 52.0 Å². The summed E-state index contributed by atoms with van der Waals surface area (Å²) >= 11 is 0. The summed E-state index contributed by atoms with van der Waals surface area (Å²) in [7, 11) is 0. The fraction of sp³-hybridized carbons (Fsp3) is 0.692. The van der Waals surface area contributed by atoms with Gasteiger partial charge >= 0.3 is 0 Å². The van der Waals surface area contributed by atoms with Crippen molar-refractivity contribution in [2.75, 3.05) is 10.7 Å². The van der Waals surface area contributed by atoms with Crippen molar-refractivity contribution in [2.24, 2.45) is 11.8 Å². The van der Waals surface area contributed by atoms with Crippen LogP contribution in [-0.2, 0) is 6.42 Å². The summed E-state index contributed by atoms with van der Waals surface area (Å²) < 4.78 is 0. The van der Waals surface area contributed by atoms with Crippen LogP contribution in [0.5, 0.6) is 0 Å². The molecule has 2 rings (SSSR count). The van der Waals surface area contributed by atoms with E-state index in [-0.39, 0.29) is 5.54 Å².